The van der Waals surface area contributed by atoms with Gasteiger partial charge in [0.15, 0.2) is 5.78 Å². The number of Topliss-reactive ketones (excluding diaryl/α,β-unsaturated/α-hetero) is 1. The van der Waals surface area contributed by atoms with E-state index in [9.17, 15) is 13.6 Å². The molecule has 1 rings (SSSR count). The molecule has 0 spiro atoms. The highest BCUT2D eigenvalue weighted by atomic mass is 32.2. The molecule has 0 aliphatic rings. The molecular formula is C10H10F2OS. The maximum atomic E-state index is 13.1. The Morgan fingerprint density at radius 3 is 2.79 bits per heavy atom. The summed E-state index contributed by atoms with van der Waals surface area (Å²) in [5, 5.41) is 0. The molecule has 76 valence electrons. The van der Waals surface area contributed by atoms with Crippen molar-refractivity contribution in [3.8, 4) is 0 Å². The van der Waals surface area contributed by atoms with Crippen LogP contribution in [0.4, 0.5) is 8.78 Å². The van der Waals surface area contributed by atoms with Gasteiger partial charge in [-0.15, -0.1) is 0 Å². The lowest BCUT2D eigenvalue weighted by Crippen LogP contribution is -2.04. The van der Waals surface area contributed by atoms with E-state index in [1.807, 2.05) is 6.26 Å². The number of ketones is 1. The number of carbonyl (C=O) groups excluding carboxylic acids is 1. The largest absolute Gasteiger partial charge is 0.294 e. The molecule has 0 aliphatic heterocycles. The molecule has 0 radical (unpaired) electrons. The van der Waals surface area contributed by atoms with Crippen LogP contribution in [0.15, 0.2) is 18.2 Å². The molecule has 0 unspecified atom stereocenters. The Morgan fingerprint density at radius 1 is 1.43 bits per heavy atom. The maximum Gasteiger partial charge on any atom is 0.166 e. The van der Waals surface area contributed by atoms with Crippen LogP contribution in [-0.2, 0) is 0 Å². The van der Waals surface area contributed by atoms with Crippen molar-refractivity contribution in [2.75, 3.05) is 12.0 Å². The summed E-state index contributed by atoms with van der Waals surface area (Å²) in [5.41, 5.74) is -0.154. The third-order valence-electron chi connectivity index (χ3n) is 1.76. The van der Waals surface area contributed by atoms with Crippen LogP contribution in [0.3, 0.4) is 0 Å². The molecule has 0 amide bonds. The molecule has 1 nitrogen and oxygen atoms in total. The molecule has 0 saturated carbocycles. The van der Waals surface area contributed by atoms with Crippen molar-refractivity contribution in [3.05, 3.63) is 35.4 Å². The monoisotopic (exact) mass is 216 g/mol. The van der Waals surface area contributed by atoms with Crippen molar-refractivity contribution >= 4 is 17.5 Å². The first kappa shape index (κ1) is 11.2. The summed E-state index contributed by atoms with van der Waals surface area (Å²) in [6.45, 7) is 0. The Labute approximate surface area is 85.5 Å². The third kappa shape index (κ3) is 2.80. The van der Waals surface area contributed by atoms with E-state index in [0.717, 1.165) is 18.2 Å². The number of hydrogen-bond donors (Lipinski definition) is 0. The van der Waals surface area contributed by atoms with Crippen molar-refractivity contribution in [2.45, 2.75) is 6.42 Å². The minimum atomic E-state index is -0.655. The van der Waals surface area contributed by atoms with E-state index < -0.39 is 11.6 Å². The molecule has 1 aromatic rings. The molecule has 1 aromatic carbocycles. The van der Waals surface area contributed by atoms with Crippen LogP contribution in [0, 0.1) is 11.6 Å². The van der Waals surface area contributed by atoms with Gasteiger partial charge in [-0.2, -0.15) is 11.8 Å². The second-order valence-electron chi connectivity index (χ2n) is 2.79. The maximum absolute atomic E-state index is 13.1. The van der Waals surface area contributed by atoms with Crippen LogP contribution in [-0.4, -0.2) is 17.8 Å². The van der Waals surface area contributed by atoms with Gasteiger partial charge in [0.2, 0.25) is 0 Å². The lowest BCUT2D eigenvalue weighted by molar-refractivity contribution is 0.0985. The summed E-state index contributed by atoms with van der Waals surface area (Å²) in [6, 6.07) is 2.92. The SMILES string of the molecule is CSCCC(=O)c1cc(F)ccc1F. The van der Waals surface area contributed by atoms with E-state index >= 15 is 0 Å². The van der Waals surface area contributed by atoms with Gasteiger partial charge in [-0.25, -0.2) is 8.78 Å². The quantitative estimate of drug-likeness (QED) is 0.720. The van der Waals surface area contributed by atoms with Gasteiger partial charge in [-0.1, -0.05) is 0 Å². The molecule has 0 aromatic heterocycles. The van der Waals surface area contributed by atoms with Gasteiger partial charge in [0.25, 0.3) is 0 Å². The molecule has 0 fully saturated rings. The topological polar surface area (TPSA) is 17.1 Å². The van der Waals surface area contributed by atoms with Crippen molar-refractivity contribution in [3.63, 3.8) is 0 Å². The first-order valence-corrected chi connectivity index (χ1v) is 5.51. The smallest absolute Gasteiger partial charge is 0.166 e. The van der Waals surface area contributed by atoms with E-state index in [-0.39, 0.29) is 17.8 Å². The molecule has 0 heterocycles. The molecule has 0 aliphatic carbocycles. The number of carbonyl (C=O) groups is 1. The van der Waals surface area contributed by atoms with E-state index in [1.54, 1.807) is 0 Å². The fraction of sp³-hybridized carbons (Fsp3) is 0.300. The minimum absolute atomic E-state index is 0.154. The van der Waals surface area contributed by atoms with Crippen molar-refractivity contribution < 1.29 is 13.6 Å². The number of benzene rings is 1. The Kier molecular flexibility index (Phi) is 4.07. The first-order chi connectivity index (χ1) is 6.65. The summed E-state index contributed by atoms with van der Waals surface area (Å²) in [7, 11) is 0. The summed E-state index contributed by atoms with van der Waals surface area (Å²) >= 11 is 1.50. The molecule has 0 saturated heterocycles. The van der Waals surface area contributed by atoms with Crippen LogP contribution in [0.25, 0.3) is 0 Å². The zero-order valence-corrected chi connectivity index (χ0v) is 8.54. The molecule has 0 N–H and O–H groups in total. The van der Waals surface area contributed by atoms with Gasteiger partial charge in [-0.05, 0) is 24.5 Å². The highest BCUT2D eigenvalue weighted by molar-refractivity contribution is 7.98. The van der Waals surface area contributed by atoms with Crippen LogP contribution in [0.5, 0.6) is 0 Å². The van der Waals surface area contributed by atoms with Gasteiger partial charge in [0.1, 0.15) is 11.6 Å². The Hall–Kier alpha value is -0.900. The average Bonchev–Trinajstić information content (AvgIpc) is 2.18. The van der Waals surface area contributed by atoms with E-state index in [1.165, 1.54) is 11.8 Å². The standard InChI is InChI=1S/C10H10F2OS/c1-14-5-4-10(13)8-6-7(11)2-3-9(8)12/h2-3,6H,4-5H2,1H3. The fourth-order valence-corrected chi connectivity index (χ4v) is 1.43. The van der Waals surface area contributed by atoms with Crippen LogP contribution < -0.4 is 0 Å². The molecule has 14 heavy (non-hydrogen) atoms. The molecular weight excluding hydrogens is 206 g/mol. The number of rotatable bonds is 4. The number of hydrogen-bond acceptors (Lipinski definition) is 2. The van der Waals surface area contributed by atoms with Crippen LogP contribution in [0.2, 0.25) is 0 Å². The second kappa shape index (κ2) is 5.10. The second-order valence-corrected chi connectivity index (χ2v) is 3.78. The first-order valence-electron chi connectivity index (χ1n) is 4.12. The van der Waals surface area contributed by atoms with Gasteiger partial charge >= 0.3 is 0 Å². The molecule has 0 bridgehead atoms. The van der Waals surface area contributed by atoms with Gasteiger partial charge in [0, 0.05) is 12.2 Å². The van der Waals surface area contributed by atoms with E-state index in [4.69, 9.17) is 0 Å². The predicted molar refractivity (Wildman–Crippen MR) is 53.7 cm³/mol. The van der Waals surface area contributed by atoms with Crippen LogP contribution >= 0.6 is 11.8 Å². The number of halogens is 2. The fourth-order valence-electron chi connectivity index (χ4n) is 1.04. The Morgan fingerprint density at radius 2 is 2.14 bits per heavy atom. The van der Waals surface area contributed by atoms with Gasteiger partial charge in [-0.3, -0.25) is 4.79 Å². The third-order valence-corrected chi connectivity index (χ3v) is 2.37. The predicted octanol–water partition coefficient (Wildman–Crippen LogP) is 2.90. The lowest BCUT2D eigenvalue weighted by atomic mass is 10.1. The Balaban J connectivity index is 2.83. The lowest BCUT2D eigenvalue weighted by Gasteiger charge is -2.01. The van der Waals surface area contributed by atoms with Crippen molar-refractivity contribution in [1.29, 1.82) is 0 Å². The normalized spacial score (nSPS) is 10.2. The van der Waals surface area contributed by atoms with Gasteiger partial charge < -0.3 is 0 Å². The summed E-state index contributed by atoms with van der Waals surface area (Å²) in [4.78, 5) is 11.4. The highest BCUT2D eigenvalue weighted by Gasteiger charge is 2.11. The molecule has 0 atom stereocenters. The average molecular weight is 216 g/mol. The number of thioether (sulfide) groups is 1. The van der Waals surface area contributed by atoms with E-state index in [0.29, 0.717) is 5.75 Å². The summed E-state index contributed by atoms with van der Waals surface area (Å²) in [5.74, 6) is -0.970. The van der Waals surface area contributed by atoms with E-state index in [2.05, 4.69) is 0 Å². The Bertz CT molecular complexity index is 339. The highest BCUT2D eigenvalue weighted by Crippen LogP contribution is 2.12. The van der Waals surface area contributed by atoms with Crippen molar-refractivity contribution in [1.82, 2.24) is 0 Å². The summed E-state index contributed by atoms with van der Waals surface area (Å²) in [6.07, 6.45) is 2.09. The zero-order chi connectivity index (χ0) is 10.6. The summed E-state index contributed by atoms with van der Waals surface area (Å²) < 4.78 is 25.8. The molecule has 4 heteroatoms. The zero-order valence-electron chi connectivity index (χ0n) is 7.72. The minimum Gasteiger partial charge on any atom is -0.294 e. The van der Waals surface area contributed by atoms with Crippen LogP contribution in [0.1, 0.15) is 16.8 Å². The van der Waals surface area contributed by atoms with Gasteiger partial charge in [0.05, 0.1) is 5.56 Å². The van der Waals surface area contributed by atoms with Crippen molar-refractivity contribution in [2.24, 2.45) is 0 Å².